The molecule has 2 rings (SSSR count). The maximum Gasteiger partial charge on any atom is 0.328 e. The highest BCUT2D eigenvalue weighted by Crippen LogP contribution is 2.16. The standard InChI is InChI=1S/C15H11F2NO3/c16-13-3-1-2-10(15(13)17)9-21-12-6-4-11(18-8-12)5-7-14(19)20/h1-8H,9H2,(H,19,20). The van der Waals surface area contributed by atoms with Crippen molar-refractivity contribution in [3.8, 4) is 5.75 Å². The predicted octanol–water partition coefficient (Wildman–Crippen LogP) is 3.04. The van der Waals surface area contributed by atoms with Crippen LogP contribution < -0.4 is 4.74 Å². The normalized spacial score (nSPS) is 10.8. The molecule has 0 saturated heterocycles. The van der Waals surface area contributed by atoms with E-state index in [9.17, 15) is 13.6 Å². The van der Waals surface area contributed by atoms with Crippen molar-refractivity contribution in [1.29, 1.82) is 0 Å². The summed E-state index contributed by atoms with van der Waals surface area (Å²) in [6, 6.07) is 6.97. The monoisotopic (exact) mass is 291 g/mol. The lowest BCUT2D eigenvalue weighted by Crippen LogP contribution is -2.00. The van der Waals surface area contributed by atoms with E-state index >= 15 is 0 Å². The molecule has 6 heteroatoms. The minimum absolute atomic E-state index is 0.102. The van der Waals surface area contributed by atoms with E-state index in [1.807, 2.05) is 0 Å². The van der Waals surface area contributed by atoms with Gasteiger partial charge in [-0.25, -0.2) is 13.6 Å². The minimum atomic E-state index is -1.07. The molecule has 0 saturated carbocycles. The van der Waals surface area contributed by atoms with Crippen molar-refractivity contribution in [2.45, 2.75) is 6.61 Å². The molecule has 0 unspecified atom stereocenters. The third kappa shape index (κ3) is 4.10. The Hall–Kier alpha value is -2.76. The van der Waals surface area contributed by atoms with Gasteiger partial charge in [-0.05, 0) is 24.3 Å². The summed E-state index contributed by atoms with van der Waals surface area (Å²) in [5.74, 6) is -2.57. The predicted molar refractivity (Wildman–Crippen MR) is 71.6 cm³/mol. The average Bonchev–Trinajstić information content (AvgIpc) is 2.48. The highest BCUT2D eigenvalue weighted by Gasteiger charge is 2.08. The molecule has 2 aromatic rings. The van der Waals surface area contributed by atoms with Gasteiger partial charge in [0.15, 0.2) is 11.6 Å². The SMILES string of the molecule is O=C(O)C=Cc1ccc(OCc2cccc(F)c2F)cn1. The van der Waals surface area contributed by atoms with Crippen LogP contribution in [0.5, 0.6) is 5.75 Å². The Balaban J connectivity index is 2.01. The molecular weight excluding hydrogens is 280 g/mol. The Kier molecular flexibility index (Phi) is 4.61. The number of halogens is 2. The number of carboxylic acids is 1. The van der Waals surface area contributed by atoms with E-state index < -0.39 is 17.6 Å². The fourth-order valence-corrected chi connectivity index (χ4v) is 1.55. The van der Waals surface area contributed by atoms with Crippen molar-refractivity contribution in [2.24, 2.45) is 0 Å². The van der Waals surface area contributed by atoms with Crippen LogP contribution in [0.1, 0.15) is 11.3 Å². The van der Waals surface area contributed by atoms with Crippen LogP contribution in [0.4, 0.5) is 8.78 Å². The summed E-state index contributed by atoms with van der Waals surface area (Å²) in [7, 11) is 0. The summed E-state index contributed by atoms with van der Waals surface area (Å²) in [5, 5.41) is 8.48. The molecule has 0 aliphatic carbocycles. The zero-order chi connectivity index (χ0) is 15.2. The van der Waals surface area contributed by atoms with Gasteiger partial charge in [-0.15, -0.1) is 0 Å². The third-order valence-electron chi connectivity index (χ3n) is 2.58. The molecule has 21 heavy (non-hydrogen) atoms. The number of carbonyl (C=O) groups is 1. The van der Waals surface area contributed by atoms with Gasteiger partial charge in [0, 0.05) is 11.6 Å². The number of hydrogen-bond acceptors (Lipinski definition) is 3. The molecule has 1 aromatic carbocycles. The maximum absolute atomic E-state index is 13.4. The van der Waals surface area contributed by atoms with Crippen LogP contribution in [0, 0.1) is 11.6 Å². The number of aliphatic carboxylic acids is 1. The molecule has 4 nitrogen and oxygen atoms in total. The van der Waals surface area contributed by atoms with E-state index in [-0.39, 0.29) is 12.2 Å². The summed E-state index contributed by atoms with van der Waals surface area (Å²) in [5.41, 5.74) is 0.548. The molecule has 0 fully saturated rings. The fourth-order valence-electron chi connectivity index (χ4n) is 1.55. The Morgan fingerprint density at radius 2 is 2.10 bits per heavy atom. The molecular formula is C15H11F2NO3. The number of pyridine rings is 1. The van der Waals surface area contributed by atoms with Gasteiger partial charge in [0.2, 0.25) is 0 Å². The zero-order valence-corrected chi connectivity index (χ0v) is 10.8. The molecule has 0 atom stereocenters. The van der Waals surface area contributed by atoms with Crippen molar-refractivity contribution in [3.63, 3.8) is 0 Å². The van der Waals surface area contributed by atoms with Gasteiger partial charge in [-0.3, -0.25) is 4.98 Å². The first-order valence-corrected chi connectivity index (χ1v) is 5.99. The Morgan fingerprint density at radius 1 is 1.29 bits per heavy atom. The van der Waals surface area contributed by atoms with Crippen molar-refractivity contribution in [1.82, 2.24) is 4.98 Å². The van der Waals surface area contributed by atoms with Gasteiger partial charge in [-0.1, -0.05) is 12.1 Å². The quantitative estimate of drug-likeness (QED) is 0.860. The largest absolute Gasteiger partial charge is 0.487 e. The first-order valence-electron chi connectivity index (χ1n) is 5.99. The van der Waals surface area contributed by atoms with Gasteiger partial charge in [0.25, 0.3) is 0 Å². The second-order valence-corrected chi connectivity index (χ2v) is 4.09. The van der Waals surface area contributed by atoms with Crippen LogP contribution in [0.2, 0.25) is 0 Å². The molecule has 0 bridgehead atoms. The molecule has 1 heterocycles. The van der Waals surface area contributed by atoms with Crippen LogP contribution in [0.25, 0.3) is 6.08 Å². The average molecular weight is 291 g/mol. The third-order valence-corrected chi connectivity index (χ3v) is 2.58. The van der Waals surface area contributed by atoms with Crippen LogP contribution in [0.15, 0.2) is 42.6 Å². The Morgan fingerprint density at radius 3 is 2.76 bits per heavy atom. The van der Waals surface area contributed by atoms with Crippen LogP contribution in [-0.4, -0.2) is 16.1 Å². The molecule has 1 N–H and O–H groups in total. The van der Waals surface area contributed by atoms with Gasteiger partial charge >= 0.3 is 5.97 Å². The fraction of sp³-hybridized carbons (Fsp3) is 0.0667. The van der Waals surface area contributed by atoms with E-state index in [1.54, 1.807) is 12.1 Å². The van der Waals surface area contributed by atoms with Gasteiger partial charge in [0.1, 0.15) is 12.4 Å². The van der Waals surface area contributed by atoms with Gasteiger partial charge < -0.3 is 9.84 Å². The summed E-state index contributed by atoms with van der Waals surface area (Å²) in [6.45, 7) is -0.129. The van der Waals surface area contributed by atoms with E-state index in [1.165, 1.54) is 24.4 Å². The van der Waals surface area contributed by atoms with Crippen molar-refractivity contribution in [3.05, 3.63) is 65.5 Å². The molecule has 0 aliphatic heterocycles. The van der Waals surface area contributed by atoms with Crippen molar-refractivity contribution >= 4 is 12.0 Å². The summed E-state index contributed by atoms with van der Waals surface area (Å²) >= 11 is 0. The first kappa shape index (κ1) is 14.6. The van der Waals surface area contributed by atoms with Crippen molar-refractivity contribution in [2.75, 3.05) is 0 Å². The molecule has 0 amide bonds. The number of nitrogens with zero attached hydrogens (tertiary/aromatic N) is 1. The highest BCUT2D eigenvalue weighted by atomic mass is 19.2. The summed E-state index contributed by atoms with van der Waals surface area (Å²) in [4.78, 5) is 14.3. The van der Waals surface area contributed by atoms with E-state index in [0.717, 1.165) is 12.1 Å². The number of carboxylic acid groups (broad SMARTS) is 1. The lowest BCUT2D eigenvalue weighted by molar-refractivity contribution is -0.131. The van der Waals surface area contributed by atoms with E-state index in [0.29, 0.717) is 11.4 Å². The molecule has 0 spiro atoms. The number of aromatic nitrogens is 1. The summed E-state index contributed by atoms with van der Waals surface area (Å²) < 4.78 is 31.7. The van der Waals surface area contributed by atoms with Gasteiger partial charge in [-0.2, -0.15) is 0 Å². The number of ether oxygens (including phenoxy) is 1. The molecule has 0 radical (unpaired) electrons. The Labute approximate surface area is 119 Å². The van der Waals surface area contributed by atoms with Crippen LogP contribution in [0.3, 0.4) is 0 Å². The second-order valence-electron chi connectivity index (χ2n) is 4.09. The number of benzene rings is 1. The lowest BCUT2D eigenvalue weighted by atomic mass is 10.2. The number of rotatable bonds is 5. The zero-order valence-electron chi connectivity index (χ0n) is 10.8. The highest BCUT2D eigenvalue weighted by molar-refractivity contribution is 5.84. The lowest BCUT2D eigenvalue weighted by Gasteiger charge is -2.07. The molecule has 1 aromatic heterocycles. The van der Waals surface area contributed by atoms with E-state index in [4.69, 9.17) is 9.84 Å². The van der Waals surface area contributed by atoms with E-state index in [2.05, 4.69) is 4.98 Å². The number of hydrogen-bond donors (Lipinski definition) is 1. The molecule has 0 aliphatic rings. The Bertz CT molecular complexity index is 669. The van der Waals surface area contributed by atoms with Crippen LogP contribution >= 0.6 is 0 Å². The first-order chi connectivity index (χ1) is 10.1. The van der Waals surface area contributed by atoms with Gasteiger partial charge in [0.05, 0.1) is 11.9 Å². The van der Waals surface area contributed by atoms with Crippen molar-refractivity contribution < 1.29 is 23.4 Å². The van der Waals surface area contributed by atoms with Crippen LogP contribution in [-0.2, 0) is 11.4 Å². The smallest absolute Gasteiger partial charge is 0.328 e. The second kappa shape index (κ2) is 6.60. The maximum atomic E-state index is 13.4. The summed E-state index contributed by atoms with van der Waals surface area (Å²) in [6.07, 6.45) is 3.67. The minimum Gasteiger partial charge on any atom is -0.487 e. The molecule has 108 valence electrons. The topological polar surface area (TPSA) is 59.4 Å².